The third-order valence-corrected chi connectivity index (χ3v) is 4.38. The van der Waals surface area contributed by atoms with E-state index in [1.807, 2.05) is 24.3 Å². The van der Waals surface area contributed by atoms with Crippen molar-refractivity contribution >= 4 is 17.5 Å². The Morgan fingerprint density at radius 1 is 1.28 bits per heavy atom. The fourth-order valence-electron chi connectivity index (χ4n) is 3.01. The van der Waals surface area contributed by atoms with Gasteiger partial charge in [-0.25, -0.2) is 0 Å². The molecular weight excluding hydrogens is 318 g/mol. The van der Waals surface area contributed by atoms with Gasteiger partial charge in [-0.2, -0.15) is 0 Å². The number of hydrogen-bond acceptors (Lipinski definition) is 4. The van der Waals surface area contributed by atoms with Crippen molar-refractivity contribution < 1.29 is 14.3 Å². The highest BCUT2D eigenvalue weighted by atomic mass is 16.5. The molecule has 6 heteroatoms. The summed E-state index contributed by atoms with van der Waals surface area (Å²) in [4.78, 5) is 30.2. The van der Waals surface area contributed by atoms with Gasteiger partial charge in [-0.05, 0) is 30.2 Å². The van der Waals surface area contributed by atoms with Gasteiger partial charge in [0, 0.05) is 37.6 Å². The van der Waals surface area contributed by atoms with E-state index >= 15 is 0 Å². The molecule has 1 unspecified atom stereocenters. The molecule has 0 saturated carbocycles. The molecule has 1 fully saturated rings. The summed E-state index contributed by atoms with van der Waals surface area (Å²) >= 11 is 0. The highest BCUT2D eigenvalue weighted by Crippen LogP contribution is 2.22. The Bertz CT molecular complexity index is 749. The Morgan fingerprint density at radius 3 is 2.80 bits per heavy atom. The summed E-state index contributed by atoms with van der Waals surface area (Å²) in [5.74, 6) is 0.392. The second kappa shape index (κ2) is 7.79. The van der Waals surface area contributed by atoms with E-state index in [2.05, 4.69) is 10.3 Å². The lowest BCUT2D eigenvalue weighted by atomic mass is 10.1. The molecule has 6 nitrogen and oxygen atoms in total. The topological polar surface area (TPSA) is 71.5 Å². The minimum absolute atomic E-state index is 0.0183. The van der Waals surface area contributed by atoms with Gasteiger partial charge in [0.15, 0.2) is 0 Å². The number of carbonyl (C=O) groups excluding carboxylic acids is 2. The Kier molecular flexibility index (Phi) is 5.28. The first-order chi connectivity index (χ1) is 12.2. The van der Waals surface area contributed by atoms with Gasteiger partial charge in [-0.15, -0.1) is 0 Å². The van der Waals surface area contributed by atoms with Gasteiger partial charge in [0.05, 0.1) is 13.0 Å². The lowest BCUT2D eigenvalue weighted by Gasteiger charge is -2.17. The number of nitrogens with one attached hydrogen (secondary N) is 1. The molecule has 3 rings (SSSR count). The summed E-state index contributed by atoms with van der Waals surface area (Å²) in [5.41, 5.74) is 1.75. The number of para-hydroxylation sites is 1. The fourth-order valence-corrected chi connectivity index (χ4v) is 3.01. The molecule has 0 spiro atoms. The molecule has 1 aliphatic rings. The normalized spacial score (nSPS) is 16.8. The van der Waals surface area contributed by atoms with Crippen LogP contribution >= 0.6 is 0 Å². The van der Waals surface area contributed by atoms with Crippen LogP contribution in [0, 0.1) is 5.92 Å². The van der Waals surface area contributed by atoms with Crippen molar-refractivity contribution in [3.05, 3.63) is 54.4 Å². The van der Waals surface area contributed by atoms with E-state index in [4.69, 9.17) is 4.74 Å². The second-order valence-electron chi connectivity index (χ2n) is 6.03. The Labute approximate surface area is 146 Å². The first-order valence-electron chi connectivity index (χ1n) is 8.28. The summed E-state index contributed by atoms with van der Waals surface area (Å²) in [5, 5.41) is 2.84. The number of rotatable bonds is 6. The zero-order valence-electron chi connectivity index (χ0n) is 14.1. The van der Waals surface area contributed by atoms with Gasteiger partial charge >= 0.3 is 0 Å². The predicted octanol–water partition coefficient (Wildman–Crippen LogP) is 2.12. The van der Waals surface area contributed by atoms with Crippen molar-refractivity contribution in [1.29, 1.82) is 0 Å². The van der Waals surface area contributed by atoms with Crippen LogP contribution in [0.3, 0.4) is 0 Å². The van der Waals surface area contributed by atoms with E-state index in [0.717, 1.165) is 11.3 Å². The number of ether oxygens (including phenoxy) is 1. The third-order valence-electron chi connectivity index (χ3n) is 4.38. The van der Waals surface area contributed by atoms with Gasteiger partial charge < -0.3 is 15.0 Å². The van der Waals surface area contributed by atoms with E-state index in [9.17, 15) is 9.59 Å². The van der Waals surface area contributed by atoms with Crippen LogP contribution in [0.4, 0.5) is 5.69 Å². The summed E-state index contributed by atoms with van der Waals surface area (Å²) in [6, 6.07) is 11.2. The molecule has 2 heterocycles. The maximum Gasteiger partial charge on any atom is 0.229 e. The highest BCUT2D eigenvalue weighted by molar-refractivity contribution is 5.97. The number of nitrogens with zero attached hydrogens (tertiary/aromatic N) is 2. The maximum absolute atomic E-state index is 12.4. The molecule has 1 saturated heterocycles. The van der Waals surface area contributed by atoms with Crippen molar-refractivity contribution in [2.24, 2.45) is 5.92 Å². The SMILES string of the molecule is COc1ccccc1CCN1CC(C(=O)Nc2ccncc2)CC1=O. The smallest absolute Gasteiger partial charge is 0.229 e. The van der Waals surface area contributed by atoms with Gasteiger partial charge in [-0.3, -0.25) is 14.6 Å². The molecule has 1 N–H and O–H groups in total. The summed E-state index contributed by atoms with van der Waals surface area (Å²) in [6.07, 6.45) is 4.20. The van der Waals surface area contributed by atoms with E-state index < -0.39 is 0 Å². The molecule has 1 aliphatic heterocycles. The molecule has 0 aliphatic carbocycles. The standard InChI is InChI=1S/C19H21N3O3/c1-25-17-5-3-2-4-14(17)8-11-22-13-15(12-18(22)23)19(24)21-16-6-9-20-10-7-16/h2-7,9-10,15H,8,11-13H2,1H3,(H,20,21,24). The van der Waals surface area contributed by atoms with Gasteiger partial charge in [0.1, 0.15) is 5.75 Å². The minimum atomic E-state index is -0.321. The zero-order valence-corrected chi connectivity index (χ0v) is 14.1. The van der Waals surface area contributed by atoms with Gasteiger partial charge in [0.2, 0.25) is 11.8 Å². The molecular formula is C19H21N3O3. The number of aromatic nitrogens is 1. The zero-order chi connectivity index (χ0) is 17.6. The predicted molar refractivity (Wildman–Crippen MR) is 94.3 cm³/mol. The first-order valence-corrected chi connectivity index (χ1v) is 8.28. The summed E-state index contributed by atoms with van der Waals surface area (Å²) in [7, 11) is 1.64. The van der Waals surface area contributed by atoms with Crippen molar-refractivity contribution in [1.82, 2.24) is 9.88 Å². The average molecular weight is 339 g/mol. The molecule has 2 aromatic rings. The van der Waals surface area contributed by atoms with E-state index in [1.54, 1.807) is 36.5 Å². The third kappa shape index (κ3) is 4.15. The van der Waals surface area contributed by atoms with Crippen molar-refractivity contribution in [2.45, 2.75) is 12.8 Å². The number of amides is 2. The molecule has 0 bridgehead atoms. The summed E-state index contributed by atoms with van der Waals surface area (Å²) in [6.45, 7) is 1.03. The van der Waals surface area contributed by atoms with Gasteiger partial charge in [0.25, 0.3) is 0 Å². The quantitative estimate of drug-likeness (QED) is 0.875. The van der Waals surface area contributed by atoms with Crippen LogP contribution < -0.4 is 10.1 Å². The number of hydrogen-bond donors (Lipinski definition) is 1. The number of carbonyl (C=O) groups is 2. The first kappa shape index (κ1) is 17.0. The Balaban J connectivity index is 1.56. The Morgan fingerprint density at radius 2 is 2.04 bits per heavy atom. The maximum atomic E-state index is 12.4. The van der Waals surface area contributed by atoms with Gasteiger partial charge in [-0.1, -0.05) is 18.2 Å². The van der Waals surface area contributed by atoms with Crippen LogP contribution in [0.25, 0.3) is 0 Å². The number of methoxy groups -OCH3 is 1. The van der Waals surface area contributed by atoms with Crippen molar-refractivity contribution in [3.8, 4) is 5.75 Å². The average Bonchev–Trinajstić information content (AvgIpc) is 3.02. The lowest BCUT2D eigenvalue weighted by Crippen LogP contribution is -2.30. The highest BCUT2D eigenvalue weighted by Gasteiger charge is 2.34. The monoisotopic (exact) mass is 339 g/mol. The molecule has 25 heavy (non-hydrogen) atoms. The van der Waals surface area contributed by atoms with Crippen LogP contribution in [0.1, 0.15) is 12.0 Å². The molecule has 2 amide bonds. The molecule has 1 aromatic heterocycles. The molecule has 130 valence electrons. The Hall–Kier alpha value is -2.89. The van der Waals surface area contributed by atoms with E-state index in [-0.39, 0.29) is 24.2 Å². The molecule has 0 radical (unpaired) electrons. The fraction of sp³-hybridized carbons (Fsp3) is 0.316. The second-order valence-corrected chi connectivity index (χ2v) is 6.03. The molecule has 1 atom stereocenters. The lowest BCUT2D eigenvalue weighted by molar-refractivity contribution is -0.128. The van der Waals surface area contributed by atoms with Crippen LogP contribution in [-0.4, -0.2) is 41.9 Å². The number of anilines is 1. The van der Waals surface area contributed by atoms with Crippen LogP contribution in [-0.2, 0) is 16.0 Å². The number of likely N-dealkylation sites (tertiary alicyclic amines) is 1. The van der Waals surface area contributed by atoms with E-state index in [1.165, 1.54) is 0 Å². The van der Waals surface area contributed by atoms with Crippen LogP contribution in [0.15, 0.2) is 48.8 Å². The van der Waals surface area contributed by atoms with E-state index in [0.29, 0.717) is 25.2 Å². The largest absolute Gasteiger partial charge is 0.496 e. The van der Waals surface area contributed by atoms with Crippen molar-refractivity contribution in [2.75, 3.05) is 25.5 Å². The van der Waals surface area contributed by atoms with Crippen molar-refractivity contribution in [3.63, 3.8) is 0 Å². The molecule has 1 aromatic carbocycles. The minimum Gasteiger partial charge on any atom is -0.496 e. The number of benzene rings is 1. The summed E-state index contributed by atoms with van der Waals surface area (Å²) < 4.78 is 5.34. The van der Waals surface area contributed by atoms with Crippen LogP contribution in [0.5, 0.6) is 5.75 Å². The van der Waals surface area contributed by atoms with Crippen LogP contribution in [0.2, 0.25) is 0 Å². The number of pyridine rings is 1.